The molecule has 2 N–H and O–H groups in total. The average Bonchev–Trinajstić information content (AvgIpc) is 3.44. The molecule has 4 heteroatoms. The molecule has 0 bridgehead atoms. The van der Waals surface area contributed by atoms with Gasteiger partial charge in [0.05, 0.1) is 29.8 Å². The molecule has 2 saturated carbocycles. The molecule has 0 saturated heterocycles. The Hall–Kier alpha value is -2.33. The molecular weight excluding hydrogens is 336 g/mol. The third-order valence-corrected chi connectivity index (χ3v) is 6.55. The number of aromatic nitrogens is 2. The summed E-state index contributed by atoms with van der Waals surface area (Å²) in [5.74, 6) is 1.65. The van der Waals surface area contributed by atoms with E-state index in [-0.39, 0.29) is 5.92 Å². The number of hydrogen-bond acceptors (Lipinski definition) is 3. The number of fused-ring (bicyclic) bond motifs is 1. The number of aromatic hydroxyl groups is 1. The van der Waals surface area contributed by atoms with E-state index in [4.69, 9.17) is 0 Å². The van der Waals surface area contributed by atoms with Gasteiger partial charge in [-0.2, -0.15) is 0 Å². The van der Waals surface area contributed by atoms with Gasteiger partial charge in [0.2, 0.25) is 0 Å². The molecule has 0 spiro atoms. The molecule has 4 nitrogen and oxygen atoms in total. The SMILES string of the molecule is Oc1ccccc1C1CCC(C(O)c2c(C3CC3)ccc3cncn23)CC1. The molecule has 0 aliphatic heterocycles. The Bertz CT molecular complexity index is 952. The first-order valence-corrected chi connectivity index (χ1v) is 10.1. The first-order chi connectivity index (χ1) is 13.2. The molecule has 0 radical (unpaired) electrons. The molecule has 2 heterocycles. The number of benzene rings is 1. The molecule has 27 heavy (non-hydrogen) atoms. The Morgan fingerprint density at radius 3 is 2.33 bits per heavy atom. The summed E-state index contributed by atoms with van der Waals surface area (Å²) in [6.45, 7) is 0. The molecule has 1 unspecified atom stereocenters. The van der Waals surface area contributed by atoms with Crippen LogP contribution in [0.4, 0.5) is 0 Å². The maximum Gasteiger partial charge on any atom is 0.119 e. The van der Waals surface area contributed by atoms with E-state index >= 15 is 0 Å². The zero-order chi connectivity index (χ0) is 18.4. The fourth-order valence-electron chi connectivity index (χ4n) is 4.88. The summed E-state index contributed by atoms with van der Waals surface area (Å²) in [4.78, 5) is 4.30. The van der Waals surface area contributed by atoms with Crippen LogP contribution in [-0.4, -0.2) is 19.6 Å². The van der Waals surface area contributed by atoms with E-state index in [0.29, 0.717) is 17.6 Å². The quantitative estimate of drug-likeness (QED) is 0.692. The highest BCUT2D eigenvalue weighted by molar-refractivity contribution is 5.50. The largest absolute Gasteiger partial charge is 0.508 e. The van der Waals surface area contributed by atoms with Crippen molar-refractivity contribution in [3.05, 3.63) is 65.7 Å². The van der Waals surface area contributed by atoms with Gasteiger partial charge in [0.25, 0.3) is 0 Å². The lowest BCUT2D eigenvalue weighted by atomic mass is 9.75. The highest BCUT2D eigenvalue weighted by Crippen LogP contribution is 2.47. The summed E-state index contributed by atoms with van der Waals surface area (Å²) in [5, 5.41) is 21.5. The minimum absolute atomic E-state index is 0.262. The van der Waals surface area contributed by atoms with Crippen LogP contribution in [0.15, 0.2) is 48.9 Å². The summed E-state index contributed by atoms with van der Waals surface area (Å²) in [6.07, 6.45) is 9.68. The van der Waals surface area contributed by atoms with Gasteiger partial charge >= 0.3 is 0 Å². The van der Waals surface area contributed by atoms with E-state index in [0.717, 1.165) is 42.5 Å². The van der Waals surface area contributed by atoms with Crippen LogP contribution in [0.5, 0.6) is 5.75 Å². The second kappa shape index (κ2) is 6.68. The third kappa shape index (κ3) is 3.02. The van der Waals surface area contributed by atoms with Gasteiger partial charge in [0.1, 0.15) is 5.75 Å². The molecule has 3 aromatic rings. The van der Waals surface area contributed by atoms with Gasteiger partial charge in [-0.25, -0.2) is 4.98 Å². The minimum Gasteiger partial charge on any atom is -0.508 e. The smallest absolute Gasteiger partial charge is 0.119 e. The van der Waals surface area contributed by atoms with Gasteiger partial charge in [-0.3, -0.25) is 0 Å². The third-order valence-electron chi connectivity index (χ3n) is 6.55. The van der Waals surface area contributed by atoms with Crippen molar-refractivity contribution < 1.29 is 10.2 Å². The van der Waals surface area contributed by atoms with Crippen LogP contribution >= 0.6 is 0 Å². The Morgan fingerprint density at radius 1 is 0.889 bits per heavy atom. The molecular formula is C23H26N2O2. The van der Waals surface area contributed by atoms with E-state index in [9.17, 15) is 10.2 Å². The van der Waals surface area contributed by atoms with Crippen molar-refractivity contribution in [2.75, 3.05) is 0 Å². The Kier molecular flexibility index (Phi) is 4.16. The van der Waals surface area contributed by atoms with Crippen molar-refractivity contribution in [1.82, 2.24) is 9.38 Å². The number of pyridine rings is 1. The maximum absolute atomic E-state index is 11.3. The summed E-state index contributed by atoms with van der Waals surface area (Å²) in [6, 6.07) is 12.0. The molecule has 2 aliphatic rings. The highest BCUT2D eigenvalue weighted by Gasteiger charge is 2.34. The number of aliphatic hydroxyl groups excluding tert-OH is 1. The van der Waals surface area contributed by atoms with E-state index < -0.39 is 6.10 Å². The van der Waals surface area contributed by atoms with Crippen LogP contribution in [0, 0.1) is 5.92 Å². The van der Waals surface area contributed by atoms with Crippen molar-refractivity contribution in [2.24, 2.45) is 5.92 Å². The first-order valence-electron chi connectivity index (χ1n) is 10.1. The molecule has 2 aromatic heterocycles. The van der Waals surface area contributed by atoms with Crippen molar-refractivity contribution in [1.29, 1.82) is 0 Å². The standard InChI is InChI=1S/C23H26N2O2/c26-21-4-2-1-3-19(21)15-7-9-17(10-8-15)23(27)22-20(16-5-6-16)12-11-18-13-24-14-25(18)22/h1-4,11-17,23,26-27H,5-10H2. The molecule has 2 aliphatic carbocycles. The summed E-state index contributed by atoms with van der Waals surface area (Å²) >= 11 is 0. The van der Waals surface area contributed by atoms with Gasteiger partial charge in [-0.15, -0.1) is 0 Å². The highest BCUT2D eigenvalue weighted by atomic mass is 16.3. The summed E-state index contributed by atoms with van der Waals surface area (Å²) in [7, 11) is 0. The van der Waals surface area contributed by atoms with Crippen LogP contribution in [0.2, 0.25) is 0 Å². The normalized spacial score (nSPS) is 24.2. The van der Waals surface area contributed by atoms with Crippen LogP contribution in [0.25, 0.3) is 5.52 Å². The fourth-order valence-corrected chi connectivity index (χ4v) is 4.88. The van der Waals surface area contributed by atoms with Crippen LogP contribution in [0.3, 0.4) is 0 Å². The summed E-state index contributed by atoms with van der Waals surface area (Å²) < 4.78 is 2.09. The van der Waals surface area contributed by atoms with Gasteiger partial charge in [-0.05, 0) is 79.5 Å². The van der Waals surface area contributed by atoms with Crippen LogP contribution < -0.4 is 0 Å². The average molecular weight is 362 g/mol. The zero-order valence-electron chi connectivity index (χ0n) is 15.5. The lowest BCUT2D eigenvalue weighted by molar-refractivity contribution is 0.0753. The number of rotatable bonds is 4. The van der Waals surface area contributed by atoms with E-state index in [2.05, 4.69) is 21.5 Å². The number of phenols is 1. The van der Waals surface area contributed by atoms with Gasteiger partial charge in [-0.1, -0.05) is 24.3 Å². The lowest BCUT2D eigenvalue weighted by Gasteiger charge is -2.33. The molecule has 2 fully saturated rings. The molecule has 1 atom stereocenters. The minimum atomic E-state index is -0.455. The van der Waals surface area contributed by atoms with Crippen molar-refractivity contribution in [3.63, 3.8) is 0 Å². The molecule has 140 valence electrons. The van der Waals surface area contributed by atoms with E-state index in [1.54, 1.807) is 6.07 Å². The number of para-hydroxylation sites is 1. The lowest BCUT2D eigenvalue weighted by Crippen LogP contribution is -2.22. The maximum atomic E-state index is 11.3. The first kappa shape index (κ1) is 16.8. The summed E-state index contributed by atoms with van der Waals surface area (Å²) in [5.41, 5.74) is 4.46. The Morgan fingerprint density at radius 2 is 1.59 bits per heavy atom. The number of imidazole rings is 1. The van der Waals surface area contributed by atoms with Gasteiger partial charge in [0, 0.05) is 0 Å². The predicted octanol–water partition coefficient (Wildman–Crippen LogP) is 4.92. The van der Waals surface area contributed by atoms with Crippen LogP contribution in [0.1, 0.15) is 73.3 Å². The molecule has 5 rings (SSSR count). The number of nitrogens with zero attached hydrogens (tertiary/aromatic N) is 2. The topological polar surface area (TPSA) is 57.8 Å². The monoisotopic (exact) mass is 362 g/mol. The number of phenolic OH excluding ortho intramolecular Hbond substituents is 1. The second-order valence-electron chi connectivity index (χ2n) is 8.25. The van der Waals surface area contributed by atoms with E-state index in [1.807, 2.05) is 30.7 Å². The van der Waals surface area contributed by atoms with Gasteiger partial charge < -0.3 is 14.6 Å². The zero-order valence-corrected chi connectivity index (χ0v) is 15.5. The second-order valence-corrected chi connectivity index (χ2v) is 8.25. The number of hydrogen-bond donors (Lipinski definition) is 2. The fraction of sp³-hybridized carbons (Fsp3) is 0.435. The van der Waals surface area contributed by atoms with Crippen molar-refractivity contribution in [3.8, 4) is 5.75 Å². The number of aliphatic hydroxyl groups is 1. The van der Waals surface area contributed by atoms with Crippen LogP contribution in [-0.2, 0) is 0 Å². The van der Waals surface area contributed by atoms with Crippen molar-refractivity contribution in [2.45, 2.75) is 56.5 Å². The predicted molar refractivity (Wildman–Crippen MR) is 105 cm³/mol. The van der Waals surface area contributed by atoms with Gasteiger partial charge in [0.15, 0.2) is 0 Å². The Balaban J connectivity index is 1.39. The van der Waals surface area contributed by atoms with Crippen molar-refractivity contribution >= 4 is 5.52 Å². The van der Waals surface area contributed by atoms with E-state index in [1.165, 1.54) is 18.4 Å². The molecule has 0 amide bonds. The Labute approximate surface area is 159 Å². The molecule has 1 aromatic carbocycles.